The molecule has 1 heterocycles. The van der Waals surface area contributed by atoms with E-state index >= 15 is 0 Å². The van der Waals surface area contributed by atoms with Crippen molar-refractivity contribution in [3.63, 3.8) is 0 Å². The largest absolute Gasteiger partial charge is 0.345 e. The highest BCUT2D eigenvalue weighted by Crippen LogP contribution is 2.15. The molecule has 4 heteroatoms. The van der Waals surface area contributed by atoms with Gasteiger partial charge in [-0.15, -0.1) is 11.3 Å². The van der Waals surface area contributed by atoms with Gasteiger partial charge in [-0.3, -0.25) is 4.79 Å². The van der Waals surface area contributed by atoms with Crippen molar-refractivity contribution in [3.05, 3.63) is 63.9 Å². The molecular weight excluding hydrogens is 268 g/mol. The van der Waals surface area contributed by atoms with Gasteiger partial charge in [0.1, 0.15) is 11.6 Å². The maximum atomic E-state index is 12.1. The zero-order valence-electron chi connectivity index (χ0n) is 11.0. The second kappa shape index (κ2) is 6.69. The van der Waals surface area contributed by atoms with Gasteiger partial charge in [-0.1, -0.05) is 36.4 Å². The predicted octanol–water partition coefficient (Wildman–Crippen LogP) is 3.53. The highest BCUT2D eigenvalue weighted by molar-refractivity contribution is 7.10. The fourth-order valence-corrected chi connectivity index (χ4v) is 2.42. The molecule has 1 atom stereocenters. The summed E-state index contributed by atoms with van der Waals surface area (Å²) in [6.45, 7) is 1.90. The van der Waals surface area contributed by atoms with Crippen LogP contribution in [0.4, 0.5) is 0 Å². The van der Waals surface area contributed by atoms with Gasteiger partial charge in [0.2, 0.25) is 0 Å². The van der Waals surface area contributed by atoms with Gasteiger partial charge in [0.05, 0.1) is 6.04 Å². The molecule has 1 N–H and O–H groups in total. The summed E-state index contributed by atoms with van der Waals surface area (Å²) in [4.78, 5) is 13.0. The molecule has 0 fully saturated rings. The van der Waals surface area contributed by atoms with Gasteiger partial charge < -0.3 is 5.32 Å². The first-order chi connectivity index (χ1) is 9.70. The summed E-state index contributed by atoms with van der Waals surface area (Å²) in [5.41, 5.74) is 1.13. The van der Waals surface area contributed by atoms with Gasteiger partial charge in [-0.05, 0) is 30.0 Å². The molecule has 0 aliphatic rings. The zero-order chi connectivity index (χ0) is 14.4. The number of carbonyl (C=O) groups excluding carboxylic acids is 1. The van der Waals surface area contributed by atoms with E-state index in [9.17, 15) is 4.79 Å². The summed E-state index contributed by atoms with van der Waals surface area (Å²) in [6.07, 6.45) is 1.61. The van der Waals surface area contributed by atoms with Crippen LogP contribution in [0.3, 0.4) is 0 Å². The van der Waals surface area contributed by atoms with E-state index in [1.165, 1.54) is 11.3 Å². The molecule has 3 nitrogen and oxygen atoms in total. The number of hydrogen-bond donors (Lipinski definition) is 1. The van der Waals surface area contributed by atoms with Crippen LogP contribution in [0.15, 0.2) is 53.4 Å². The Hall–Kier alpha value is -2.38. The number of nitrogens with one attached hydrogen (secondary N) is 1. The molecule has 0 radical (unpaired) electrons. The van der Waals surface area contributed by atoms with Crippen molar-refractivity contribution < 1.29 is 4.79 Å². The molecule has 1 aromatic heterocycles. The molecule has 0 aliphatic carbocycles. The first-order valence-electron chi connectivity index (χ1n) is 6.22. The summed E-state index contributed by atoms with van der Waals surface area (Å²) in [7, 11) is 0. The molecule has 100 valence electrons. The van der Waals surface area contributed by atoms with E-state index in [1.54, 1.807) is 6.08 Å². The monoisotopic (exact) mass is 282 g/mol. The SMILES string of the molecule is C[C@H](NC(=O)/C(C#N)=C/c1cccs1)c1ccccc1. The van der Waals surface area contributed by atoms with Crippen LogP contribution in [0.25, 0.3) is 6.08 Å². The topological polar surface area (TPSA) is 52.9 Å². The first-order valence-corrected chi connectivity index (χ1v) is 7.10. The molecular formula is C16H14N2OS. The summed E-state index contributed by atoms with van der Waals surface area (Å²) in [5, 5.41) is 13.8. The van der Waals surface area contributed by atoms with E-state index in [0.29, 0.717) is 0 Å². The highest BCUT2D eigenvalue weighted by atomic mass is 32.1. The van der Waals surface area contributed by atoms with Crippen LogP contribution in [0.5, 0.6) is 0 Å². The second-order valence-electron chi connectivity index (χ2n) is 4.29. The van der Waals surface area contributed by atoms with Crippen LogP contribution in [0.2, 0.25) is 0 Å². The van der Waals surface area contributed by atoms with Gasteiger partial charge in [0, 0.05) is 4.88 Å². The van der Waals surface area contributed by atoms with E-state index in [2.05, 4.69) is 5.32 Å². The average molecular weight is 282 g/mol. The minimum atomic E-state index is -0.350. The molecule has 1 aromatic carbocycles. The Morgan fingerprint density at radius 2 is 2.05 bits per heavy atom. The molecule has 2 rings (SSSR count). The first kappa shape index (κ1) is 14.0. The molecule has 0 aliphatic heterocycles. The molecule has 0 saturated heterocycles. The number of nitrogens with zero attached hydrogens (tertiary/aromatic N) is 1. The van der Waals surface area contributed by atoms with Crippen LogP contribution in [-0.4, -0.2) is 5.91 Å². The third kappa shape index (κ3) is 3.56. The van der Waals surface area contributed by atoms with Gasteiger partial charge >= 0.3 is 0 Å². The third-order valence-electron chi connectivity index (χ3n) is 2.84. The van der Waals surface area contributed by atoms with E-state index < -0.39 is 0 Å². The van der Waals surface area contributed by atoms with Crippen LogP contribution in [-0.2, 0) is 4.79 Å². The molecule has 0 saturated carbocycles. The smallest absolute Gasteiger partial charge is 0.262 e. The molecule has 2 aromatic rings. The number of thiophene rings is 1. The number of nitriles is 1. The Labute approximate surface area is 122 Å². The van der Waals surface area contributed by atoms with Gasteiger partial charge in [-0.2, -0.15) is 5.26 Å². The lowest BCUT2D eigenvalue weighted by atomic mass is 10.1. The highest BCUT2D eigenvalue weighted by Gasteiger charge is 2.13. The quantitative estimate of drug-likeness (QED) is 0.689. The van der Waals surface area contributed by atoms with E-state index in [1.807, 2.05) is 60.8 Å². The minimum Gasteiger partial charge on any atom is -0.345 e. The summed E-state index contributed by atoms with van der Waals surface area (Å²) in [6, 6.07) is 15.2. The van der Waals surface area contributed by atoms with Crippen molar-refractivity contribution in [2.24, 2.45) is 0 Å². The van der Waals surface area contributed by atoms with E-state index in [0.717, 1.165) is 10.4 Å². The van der Waals surface area contributed by atoms with Gasteiger partial charge in [0.15, 0.2) is 0 Å². The number of amides is 1. The second-order valence-corrected chi connectivity index (χ2v) is 5.27. The van der Waals surface area contributed by atoms with Crippen molar-refractivity contribution in [1.29, 1.82) is 5.26 Å². The number of hydrogen-bond acceptors (Lipinski definition) is 3. The molecule has 20 heavy (non-hydrogen) atoms. The van der Waals surface area contributed by atoms with Crippen molar-refractivity contribution in [2.45, 2.75) is 13.0 Å². The van der Waals surface area contributed by atoms with Crippen LogP contribution in [0.1, 0.15) is 23.4 Å². The summed E-state index contributed by atoms with van der Waals surface area (Å²) < 4.78 is 0. The average Bonchev–Trinajstić information content (AvgIpc) is 2.98. The van der Waals surface area contributed by atoms with Gasteiger partial charge in [0.25, 0.3) is 5.91 Å². The van der Waals surface area contributed by atoms with Crippen molar-refractivity contribution in [2.75, 3.05) is 0 Å². The Balaban J connectivity index is 2.09. The zero-order valence-corrected chi connectivity index (χ0v) is 11.9. The Morgan fingerprint density at radius 3 is 2.65 bits per heavy atom. The molecule has 0 bridgehead atoms. The standard InChI is InChI=1S/C16H14N2OS/c1-12(13-6-3-2-4-7-13)18-16(19)14(11-17)10-15-8-5-9-20-15/h2-10,12H,1H3,(H,18,19)/b14-10+/t12-/m0/s1. The number of benzene rings is 1. The molecule has 0 spiro atoms. The van der Waals surface area contributed by atoms with Crippen molar-refractivity contribution in [1.82, 2.24) is 5.32 Å². The van der Waals surface area contributed by atoms with Crippen molar-refractivity contribution in [3.8, 4) is 6.07 Å². The lowest BCUT2D eigenvalue weighted by molar-refractivity contribution is -0.117. The fraction of sp³-hybridized carbons (Fsp3) is 0.125. The Bertz CT molecular complexity index is 639. The lowest BCUT2D eigenvalue weighted by Gasteiger charge is -2.13. The Morgan fingerprint density at radius 1 is 1.30 bits per heavy atom. The maximum Gasteiger partial charge on any atom is 0.262 e. The normalized spacial score (nSPS) is 12.5. The minimum absolute atomic E-state index is 0.121. The molecule has 0 unspecified atom stereocenters. The summed E-state index contributed by atoms with van der Waals surface area (Å²) in [5.74, 6) is -0.350. The summed E-state index contributed by atoms with van der Waals surface area (Å²) >= 11 is 1.49. The van der Waals surface area contributed by atoms with Crippen LogP contribution >= 0.6 is 11.3 Å². The van der Waals surface area contributed by atoms with Gasteiger partial charge in [-0.25, -0.2) is 0 Å². The predicted molar refractivity (Wildman–Crippen MR) is 80.9 cm³/mol. The lowest BCUT2D eigenvalue weighted by Crippen LogP contribution is -2.27. The van der Waals surface area contributed by atoms with Crippen molar-refractivity contribution >= 4 is 23.3 Å². The maximum absolute atomic E-state index is 12.1. The number of carbonyl (C=O) groups is 1. The van der Waals surface area contributed by atoms with E-state index in [-0.39, 0.29) is 17.5 Å². The van der Waals surface area contributed by atoms with Crippen LogP contribution in [0, 0.1) is 11.3 Å². The van der Waals surface area contributed by atoms with E-state index in [4.69, 9.17) is 5.26 Å². The fourth-order valence-electron chi connectivity index (χ4n) is 1.76. The number of rotatable bonds is 4. The Kier molecular flexibility index (Phi) is 4.70. The third-order valence-corrected chi connectivity index (χ3v) is 3.66. The van der Waals surface area contributed by atoms with Crippen LogP contribution < -0.4 is 5.32 Å². The molecule has 1 amide bonds.